The lowest BCUT2D eigenvalue weighted by molar-refractivity contribution is -0.120. The van der Waals surface area contributed by atoms with Gasteiger partial charge in [0, 0.05) is 17.2 Å². The molecule has 2 rings (SSSR count). The van der Waals surface area contributed by atoms with E-state index in [-0.39, 0.29) is 5.92 Å². The largest absolute Gasteiger partial charge is 0.299 e. The molecule has 0 saturated heterocycles. The SMILES string of the molecule is O=C1CCCC1Cc1ccc(Cl)s1. The Morgan fingerprint density at radius 1 is 1.54 bits per heavy atom. The first kappa shape index (κ1) is 9.22. The van der Waals surface area contributed by atoms with Crippen LogP contribution in [0.15, 0.2) is 12.1 Å². The van der Waals surface area contributed by atoms with Gasteiger partial charge in [0.2, 0.25) is 0 Å². The molecule has 1 nitrogen and oxygen atoms in total. The summed E-state index contributed by atoms with van der Waals surface area (Å²) in [5.74, 6) is 0.708. The molecule has 3 heteroatoms. The Balaban J connectivity index is 2.01. The van der Waals surface area contributed by atoms with E-state index in [0.717, 1.165) is 30.0 Å². The molecular formula is C10H11ClOS. The van der Waals surface area contributed by atoms with E-state index in [1.165, 1.54) is 4.88 Å². The number of Topliss-reactive ketones (excluding diaryl/α,β-unsaturated/α-hetero) is 1. The Morgan fingerprint density at radius 2 is 2.38 bits per heavy atom. The van der Waals surface area contributed by atoms with E-state index in [1.54, 1.807) is 11.3 Å². The van der Waals surface area contributed by atoms with Gasteiger partial charge in [-0.3, -0.25) is 4.79 Å². The second-order valence-corrected chi connectivity index (χ2v) is 5.27. The lowest BCUT2D eigenvalue weighted by Crippen LogP contribution is -2.08. The van der Waals surface area contributed by atoms with Gasteiger partial charge in [-0.2, -0.15) is 0 Å². The fourth-order valence-electron chi connectivity index (χ4n) is 1.81. The number of halogens is 1. The zero-order valence-electron chi connectivity index (χ0n) is 7.25. The molecule has 0 radical (unpaired) electrons. The summed E-state index contributed by atoms with van der Waals surface area (Å²) in [6, 6.07) is 3.93. The highest BCUT2D eigenvalue weighted by Gasteiger charge is 2.24. The highest BCUT2D eigenvalue weighted by molar-refractivity contribution is 7.16. The summed E-state index contributed by atoms with van der Waals surface area (Å²) < 4.78 is 0.820. The van der Waals surface area contributed by atoms with E-state index in [1.807, 2.05) is 12.1 Å². The molecule has 0 amide bonds. The van der Waals surface area contributed by atoms with Gasteiger partial charge in [-0.25, -0.2) is 0 Å². The lowest BCUT2D eigenvalue weighted by Gasteiger charge is -2.04. The van der Waals surface area contributed by atoms with Crippen LogP contribution in [0.4, 0.5) is 0 Å². The summed E-state index contributed by atoms with van der Waals surface area (Å²) in [6.07, 6.45) is 3.82. The van der Waals surface area contributed by atoms with E-state index < -0.39 is 0 Å². The average Bonchev–Trinajstić information content (AvgIpc) is 2.64. The number of hydrogen-bond acceptors (Lipinski definition) is 2. The van der Waals surface area contributed by atoms with Crippen LogP contribution in [0.2, 0.25) is 4.34 Å². The Bertz CT molecular complexity index is 318. The topological polar surface area (TPSA) is 17.1 Å². The minimum Gasteiger partial charge on any atom is -0.299 e. The first-order valence-electron chi connectivity index (χ1n) is 4.52. The van der Waals surface area contributed by atoms with Crippen molar-refractivity contribution in [1.29, 1.82) is 0 Å². The molecule has 1 heterocycles. The maximum absolute atomic E-state index is 11.4. The van der Waals surface area contributed by atoms with Gasteiger partial charge in [0.05, 0.1) is 4.34 Å². The van der Waals surface area contributed by atoms with Crippen LogP contribution in [0.25, 0.3) is 0 Å². The van der Waals surface area contributed by atoms with Crippen molar-refractivity contribution in [2.75, 3.05) is 0 Å². The third-order valence-corrected chi connectivity index (χ3v) is 3.76. The molecule has 1 saturated carbocycles. The fraction of sp³-hybridized carbons (Fsp3) is 0.500. The minimum atomic E-state index is 0.273. The summed E-state index contributed by atoms with van der Waals surface area (Å²) in [5, 5.41) is 0. The summed E-state index contributed by atoms with van der Waals surface area (Å²) in [7, 11) is 0. The molecule has 70 valence electrons. The summed E-state index contributed by atoms with van der Waals surface area (Å²) in [6.45, 7) is 0. The van der Waals surface area contributed by atoms with Crippen molar-refractivity contribution in [3.05, 3.63) is 21.3 Å². The zero-order chi connectivity index (χ0) is 9.26. The van der Waals surface area contributed by atoms with Crippen LogP contribution < -0.4 is 0 Å². The smallest absolute Gasteiger partial charge is 0.136 e. The van der Waals surface area contributed by atoms with Crippen molar-refractivity contribution in [3.63, 3.8) is 0 Å². The van der Waals surface area contributed by atoms with Crippen molar-refractivity contribution in [1.82, 2.24) is 0 Å². The third-order valence-electron chi connectivity index (χ3n) is 2.51. The predicted octanol–water partition coefficient (Wildman–Crippen LogP) is 3.31. The standard InChI is InChI=1S/C10H11ClOS/c11-10-5-4-8(13-10)6-7-2-1-3-9(7)12/h4-5,7H,1-3,6H2. The molecule has 0 spiro atoms. The molecular weight excluding hydrogens is 204 g/mol. The second kappa shape index (κ2) is 3.81. The minimum absolute atomic E-state index is 0.273. The van der Waals surface area contributed by atoms with Crippen LogP contribution in [-0.2, 0) is 11.2 Å². The molecule has 13 heavy (non-hydrogen) atoms. The Labute approximate surface area is 86.7 Å². The highest BCUT2D eigenvalue weighted by atomic mass is 35.5. The van der Waals surface area contributed by atoms with Crippen molar-refractivity contribution in [3.8, 4) is 0 Å². The number of thiophene rings is 1. The predicted molar refractivity (Wildman–Crippen MR) is 55.4 cm³/mol. The Hall–Kier alpha value is -0.340. The third kappa shape index (κ3) is 2.12. The van der Waals surface area contributed by atoms with Crippen molar-refractivity contribution in [2.45, 2.75) is 25.7 Å². The summed E-state index contributed by atoms with van der Waals surface area (Å²) in [4.78, 5) is 12.6. The van der Waals surface area contributed by atoms with E-state index >= 15 is 0 Å². The first-order chi connectivity index (χ1) is 6.25. The van der Waals surface area contributed by atoms with Crippen molar-refractivity contribution >= 4 is 28.7 Å². The van der Waals surface area contributed by atoms with Crippen LogP contribution >= 0.6 is 22.9 Å². The van der Waals surface area contributed by atoms with Gasteiger partial charge in [0.1, 0.15) is 5.78 Å². The van der Waals surface area contributed by atoms with E-state index in [2.05, 4.69) is 0 Å². The average molecular weight is 215 g/mol. The van der Waals surface area contributed by atoms with Gasteiger partial charge in [-0.05, 0) is 31.4 Å². The fourth-order valence-corrected chi connectivity index (χ4v) is 2.98. The molecule has 1 aromatic heterocycles. The van der Waals surface area contributed by atoms with Crippen molar-refractivity contribution in [2.24, 2.45) is 5.92 Å². The van der Waals surface area contributed by atoms with Crippen LogP contribution in [0.5, 0.6) is 0 Å². The van der Waals surface area contributed by atoms with Crippen molar-refractivity contribution < 1.29 is 4.79 Å². The van der Waals surface area contributed by atoms with E-state index in [4.69, 9.17) is 11.6 Å². The van der Waals surface area contributed by atoms with Crippen LogP contribution in [0.1, 0.15) is 24.1 Å². The van der Waals surface area contributed by atoms with E-state index in [9.17, 15) is 4.79 Å². The summed E-state index contributed by atoms with van der Waals surface area (Å²) in [5.41, 5.74) is 0. The highest BCUT2D eigenvalue weighted by Crippen LogP contribution is 2.29. The number of ketones is 1. The molecule has 1 atom stereocenters. The molecule has 1 aliphatic carbocycles. The lowest BCUT2D eigenvalue weighted by atomic mass is 10.0. The normalized spacial score (nSPS) is 22.5. The van der Waals surface area contributed by atoms with Gasteiger partial charge in [-0.15, -0.1) is 11.3 Å². The monoisotopic (exact) mass is 214 g/mol. The number of hydrogen-bond donors (Lipinski definition) is 0. The van der Waals surface area contributed by atoms with Gasteiger partial charge in [0.15, 0.2) is 0 Å². The molecule has 0 aliphatic heterocycles. The molecule has 1 aliphatic rings. The van der Waals surface area contributed by atoms with E-state index in [0.29, 0.717) is 5.78 Å². The Morgan fingerprint density at radius 3 is 2.92 bits per heavy atom. The maximum atomic E-state index is 11.4. The quantitative estimate of drug-likeness (QED) is 0.738. The molecule has 1 unspecified atom stereocenters. The van der Waals surface area contributed by atoms with Gasteiger partial charge in [0.25, 0.3) is 0 Å². The molecule has 0 aromatic carbocycles. The first-order valence-corrected chi connectivity index (χ1v) is 5.72. The molecule has 0 bridgehead atoms. The van der Waals surface area contributed by atoms with Crippen LogP contribution in [0.3, 0.4) is 0 Å². The molecule has 1 fully saturated rings. The second-order valence-electron chi connectivity index (χ2n) is 3.47. The number of carbonyl (C=O) groups excluding carboxylic acids is 1. The number of rotatable bonds is 2. The zero-order valence-corrected chi connectivity index (χ0v) is 8.83. The molecule has 0 N–H and O–H groups in total. The van der Waals surface area contributed by atoms with Crippen LogP contribution in [-0.4, -0.2) is 5.78 Å². The maximum Gasteiger partial charge on any atom is 0.136 e. The van der Waals surface area contributed by atoms with Gasteiger partial charge in [-0.1, -0.05) is 11.6 Å². The Kier molecular flexibility index (Phi) is 2.70. The van der Waals surface area contributed by atoms with Gasteiger partial charge >= 0.3 is 0 Å². The number of carbonyl (C=O) groups is 1. The van der Waals surface area contributed by atoms with Crippen LogP contribution in [0, 0.1) is 5.92 Å². The molecule has 1 aromatic rings. The summed E-state index contributed by atoms with van der Waals surface area (Å²) >= 11 is 7.41. The van der Waals surface area contributed by atoms with Gasteiger partial charge < -0.3 is 0 Å².